The lowest BCUT2D eigenvalue weighted by Gasteiger charge is -2.00. The van der Waals surface area contributed by atoms with Crippen molar-refractivity contribution in [1.29, 1.82) is 5.26 Å². The Kier molecular flexibility index (Phi) is 2.74. The molecule has 1 rings (SSSR count). The van der Waals surface area contributed by atoms with Crippen LogP contribution in [0.15, 0.2) is 5.16 Å². The van der Waals surface area contributed by atoms with Crippen LogP contribution < -0.4 is 5.73 Å². The van der Waals surface area contributed by atoms with E-state index in [1.807, 2.05) is 6.07 Å². The third kappa shape index (κ3) is 1.60. The molecular formula is C6H5ClN4S. The molecule has 0 unspecified atom stereocenters. The van der Waals surface area contributed by atoms with Gasteiger partial charge in [-0.3, -0.25) is 0 Å². The molecular weight excluding hydrogens is 196 g/mol. The van der Waals surface area contributed by atoms with Crippen LogP contribution in [0.5, 0.6) is 0 Å². The summed E-state index contributed by atoms with van der Waals surface area (Å²) in [6.07, 6.45) is 1.80. The van der Waals surface area contributed by atoms with E-state index in [1.165, 1.54) is 11.8 Å². The Bertz CT molecular complexity index is 323. The van der Waals surface area contributed by atoms with E-state index in [0.717, 1.165) is 0 Å². The molecule has 1 aromatic rings. The molecule has 1 aromatic heterocycles. The number of hydrogen-bond donors (Lipinski definition) is 1. The van der Waals surface area contributed by atoms with Crippen molar-refractivity contribution < 1.29 is 0 Å². The Hall–Kier alpha value is -0.990. The predicted molar refractivity (Wildman–Crippen MR) is 48.0 cm³/mol. The lowest BCUT2D eigenvalue weighted by molar-refractivity contribution is 0.973. The van der Waals surface area contributed by atoms with Gasteiger partial charge in [-0.15, -0.1) is 0 Å². The maximum absolute atomic E-state index is 8.56. The van der Waals surface area contributed by atoms with Crippen LogP contribution in [0.2, 0.25) is 5.15 Å². The van der Waals surface area contributed by atoms with Gasteiger partial charge in [0, 0.05) is 0 Å². The maximum Gasteiger partial charge on any atom is 0.190 e. The van der Waals surface area contributed by atoms with Crippen molar-refractivity contribution in [2.24, 2.45) is 0 Å². The first-order valence-corrected chi connectivity index (χ1v) is 4.56. The molecule has 62 valence electrons. The van der Waals surface area contributed by atoms with Gasteiger partial charge in [0.15, 0.2) is 10.3 Å². The molecule has 0 aliphatic carbocycles. The standard InChI is InChI=1S/C6H5ClN4S/c1-12-6-10-4(7)3(2-8)5(9)11-6/h1H3,(H2,9,10,11). The van der Waals surface area contributed by atoms with Crippen molar-refractivity contribution >= 4 is 29.2 Å². The fraction of sp³-hybridized carbons (Fsp3) is 0.167. The highest BCUT2D eigenvalue weighted by Crippen LogP contribution is 2.20. The van der Waals surface area contributed by atoms with Gasteiger partial charge in [-0.2, -0.15) is 5.26 Å². The second-order valence-electron chi connectivity index (χ2n) is 1.87. The molecule has 0 saturated carbocycles. The Morgan fingerprint density at radius 2 is 2.25 bits per heavy atom. The van der Waals surface area contributed by atoms with Crippen LogP contribution in [0.3, 0.4) is 0 Å². The van der Waals surface area contributed by atoms with Gasteiger partial charge >= 0.3 is 0 Å². The van der Waals surface area contributed by atoms with E-state index in [2.05, 4.69) is 9.97 Å². The molecule has 0 radical (unpaired) electrons. The van der Waals surface area contributed by atoms with Crippen molar-refractivity contribution in [3.05, 3.63) is 10.7 Å². The number of nitrogens with zero attached hydrogens (tertiary/aromatic N) is 3. The van der Waals surface area contributed by atoms with Crippen LogP contribution in [0, 0.1) is 11.3 Å². The second-order valence-corrected chi connectivity index (χ2v) is 3.00. The Balaban J connectivity index is 3.30. The summed E-state index contributed by atoms with van der Waals surface area (Å²) in [5, 5.41) is 9.14. The fourth-order valence-electron chi connectivity index (χ4n) is 0.624. The van der Waals surface area contributed by atoms with E-state index in [-0.39, 0.29) is 16.5 Å². The molecule has 12 heavy (non-hydrogen) atoms. The molecule has 0 aromatic carbocycles. The average Bonchev–Trinajstić information content (AvgIpc) is 2.03. The minimum atomic E-state index is 0.106. The highest BCUT2D eigenvalue weighted by Gasteiger charge is 2.08. The average molecular weight is 201 g/mol. The van der Waals surface area contributed by atoms with Gasteiger partial charge in [-0.1, -0.05) is 23.4 Å². The fourth-order valence-corrected chi connectivity index (χ4v) is 1.27. The lowest BCUT2D eigenvalue weighted by atomic mass is 10.3. The third-order valence-corrected chi connectivity index (χ3v) is 1.99. The zero-order valence-electron chi connectivity index (χ0n) is 6.21. The molecule has 1 heterocycles. The molecule has 6 heteroatoms. The minimum absolute atomic E-state index is 0.106. The van der Waals surface area contributed by atoms with Crippen molar-refractivity contribution in [3.8, 4) is 6.07 Å². The minimum Gasteiger partial charge on any atom is -0.382 e. The number of thioether (sulfide) groups is 1. The number of nitrogen functional groups attached to an aromatic ring is 1. The van der Waals surface area contributed by atoms with Crippen LogP contribution in [0.25, 0.3) is 0 Å². The Labute approximate surface area is 78.8 Å². The molecule has 0 fully saturated rings. The second kappa shape index (κ2) is 3.61. The topological polar surface area (TPSA) is 75.6 Å². The van der Waals surface area contributed by atoms with Gasteiger partial charge in [0.05, 0.1) is 0 Å². The normalized spacial score (nSPS) is 9.42. The molecule has 0 spiro atoms. The van der Waals surface area contributed by atoms with Gasteiger partial charge in [-0.25, -0.2) is 9.97 Å². The molecule has 4 nitrogen and oxygen atoms in total. The largest absolute Gasteiger partial charge is 0.382 e. The quantitative estimate of drug-likeness (QED) is 0.420. The van der Waals surface area contributed by atoms with Gasteiger partial charge in [0.25, 0.3) is 0 Å². The first kappa shape index (κ1) is 9.10. The van der Waals surface area contributed by atoms with Crippen LogP contribution in [0.4, 0.5) is 5.82 Å². The van der Waals surface area contributed by atoms with Crippen molar-refractivity contribution in [3.63, 3.8) is 0 Å². The number of aromatic nitrogens is 2. The number of hydrogen-bond acceptors (Lipinski definition) is 5. The lowest BCUT2D eigenvalue weighted by Crippen LogP contribution is -1.99. The van der Waals surface area contributed by atoms with Gasteiger partial charge < -0.3 is 5.73 Å². The van der Waals surface area contributed by atoms with Gasteiger partial charge in [-0.05, 0) is 6.26 Å². The van der Waals surface area contributed by atoms with Crippen LogP contribution >= 0.6 is 23.4 Å². The summed E-state index contributed by atoms with van der Waals surface area (Å²) < 4.78 is 0. The molecule has 0 aliphatic rings. The van der Waals surface area contributed by atoms with Gasteiger partial charge in [0.2, 0.25) is 0 Å². The van der Waals surface area contributed by atoms with E-state index in [9.17, 15) is 0 Å². The summed E-state index contributed by atoms with van der Waals surface area (Å²) in [5.74, 6) is 0.127. The van der Waals surface area contributed by atoms with Crippen LogP contribution in [-0.2, 0) is 0 Å². The number of anilines is 1. The monoisotopic (exact) mass is 200 g/mol. The molecule has 0 saturated heterocycles. The number of halogens is 1. The van der Waals surface area contributed by atoms with E-state index in [4.69, 9.17) is 22.6 Å². The van der Waals surface area contributed by atoms with Gasteiger partial charge in [0.1, 0.15) is 17.5 Å². The number of nitrogens with two attached hydrogens (primary N) is 1. The van der Waals surface area contributed by atoms with Crippen molar-refractivity contribution in [1.82, 2.24) is 9.97 Å². The van der Waals surface area contributed by atoms with Crippen molar-refractivity contribution in [2.75, 3.05) is 12.0 Å². The highest BCUT2D eigenvalue weighted by molar-refractivity contribution is 7.98. The smallest absolute Gasteiger partial charge is 0.190 e. The molecule has 2 N–H and O–H groups in total. The summed E-state index contributed by atoms with van der Waals surface area (Å²) in [7, 11) is 0. The van der Waals surface area contributed by atoms with E-state index in [1.54, 1.807) is 6.26 Å². The maximum atomic E-state index is 8.56. The summed E-state index contributed by atoms with van der Waals surface area (Å²) in [6.45, 7) is 0. The molecule has 0 bridgehead atoms. The predicted octanol–water partition coefficient (Wildman–Crippen LogP) is 1.31. The first-order valence-electron chi connectivity index (χ1n) is 2.96. The third-order valence-electron chi connectivity index (χ3n) is 1.17. The number of rotatable bonds is 1. The van der Waals surface area contributed by atoms with Crippen LogP contribution in [-0.4, -0.2) is 16.2 Å². The SMILES string of the molecule is CSc1nc(N)c(C#N)c(Cl)n1. The Morgan fingerprint density at radius 3 is 2.67 bits per heavy atom. The summed E-state index contributed by atoms with van der Waals surface area (Å²) in [5.41, 5.74) is 5.57. The van der Waals surface area contributed by atoms with E-state index < -0.39 is 0 Å². The molecule has 0 amide bonds. The zero-order valence-corrected chi connectivity index (χ0v) is 7.78. The summed E-state index contributed by atoms with van der Waals surface area (Å²) in [6, 6.07) is 1.82. The van der Waals surface area contributed by atoms with Crippen LogP contribution in [0.1, 0.15) is 5.56 Å². The highest BCUT2D eigenvalue weighted by atomic mass is 35.5. The Morgan fingerprint density at radius 1 is 1.58 bits per heavy atom. The van der Waals surface area contributed by atoms with E-state index >= 15 is 0 Å². The molecule has 0 atom stereocenters. The van der Waals surface area contributed by atoms with E-state index in [0.29, 0.717) is 5.16 Å². The zero-order chi connectivity index (χ0) is 9.14. The summed E-state index contributed by atoms with van der Waals surface area (Å²) >= 11 is 6.97. The molecule has 0 aliphatic heterocycles. The first-order chi connectivity index (χ1) is 5.69. The van der Waals surface area contributed by atoms with Crippen molar-refractivity contribution in [2.45, 2.75) is 5.16 Å². The number of nitriles is 1. The summed E-state index contributed by atoms with van der Waals surface area (Å²) in [4.78, 5) is 7.68.